The van der Waals surface area contributed by atoms with Crippen LogP contribution in [0.3, 0.4) is 0 Å². The largest absolute Gasteiger partial charge is 0.242 e. The van der Waals surface area contributed by atoms with Crippen molar-refractivity contribution < 1.29 is 0 Å². The van der Waals surface area contributed by atoms with Crippen LogP contribution in [0.15, 0.2) is 0 Å². The first-order valence-corrected chi connectivity index (χ1v) is 3.86. The molecule has 0 saturated carbocycles. The molecule has 2 heteroatoms. The lowest BCUT2D eigenvalue weighted by Crippen LogP contribution is -2.59. The molecule has 0 unspecified atom stereocenters. The summed E-state index contributed by atoms with van der Waals surface area (Å²) in [6, 6.07) is 0. The van der Waals surface area contributed by atoms with E-state index in [1.165, 1.54) is 32.6 Å². The van der Waals surface area contributed by atoms with E-state index in [1.807, 2.05) is 0 Å². The molecular weight excluding hydrogens is 112 g/mol. The zero-order valence-corrected chi connectivity index (χ0v) is 6.01. The fourth-order valence-electron chi connectivity index (χ4n) is 1.48. The fourth-order valence-corrected chi connectivity index (χ4v) is 1.48. The van der Waals surface area contributed by atoms with E-state index in [4.69, 9.17) is 0 Å². The first-order valence-electron chi connectivity index (χ1n) is 3.86. The summed E-state index contributed by atoms with van der Waals surface area (Å²) in [7, 11) is 0. The molecule has 0 aromatic rings. The highest BCUT2D eigenvalue weighted by Gasteiger charge is 2.30. The maximum atomic E-state index is 2.47. The average molecular weight is 126 g/mol. The molecule has 9 heavy (non-hydrogen) atoms. The second-order valence-corrected chi connectivity index (χ2v) is 3.28. The molecule has 0 spiro atoms. The van der Waals surface area contributed by atoms with Gasteiger partial charge in [-0.15, -0.1) is 0 Å². The Bertz CT molecular complexity index is 103. The molecule has 2 fully saturated rings. The smallest absolute Gasteiger partial charge is 0.0171 e. The Balaban J connectivity index is 1.75. The molecule has 0 bridgehead atoms. The number of hydrogen-bond donors (Lipinski definition) is 0. The summed E-state index contributed by atoms with van der Waals surface area (Å²) in [6.45, 7) is 7.55. The third-order valence-corrected chi connectivity index (χ3v) is 2.28. The number of hydrazine groups is 1. The highest BCUT2D eigenvalue weighted by atomic mass is 15.7. The minimum Gasteiger partial charge on any atom is -0.242 e. The molecule has 0 amide bonds. The van der Waals surface area contributed by atoms with Gasteiger partial charge in [0.2, 0.25) is 0 Å². The zero-order valence-electron chi connectivity index (χ0n) is 6.01. The first-order chi connectivity index (χ1) is 4.36. The lowest BCUT2D eigenvalue weighted by molar-refractivity contribution is -0.135. The second-order valence-electron chi connectivity index (χ2n) is 3.28. The van der Waals surface area contributed by atoms with Crippen molar-refractivity contribution in [3.05, 3.63) is 0 Å². The quantitative estimate of drug-likeness (QED) is 0.506. The van der Waals surface area contributed by atoms with E-state index in [9.17, 15) is 0 Å². The van der Waals surface area contributed by atoms with Crippen molar-refractivity contribution in [2.24, 2.45) is 5.92 Å². The van der Waals surface area contributed by atoms with Crippen LogP contribution in [0.5, 0.6) is 0 Å². The molecule has 2 rings (SSSR count). The van der Waals surface area contributed by atoms with Crippen LogP contribution in [-0.4, -0.2) is 36.2 Å². The third kappa shape index (κ3) is 0.864. The SMILES string of the molecule is CC1CN(N2CCC2)C1. The molecule has 2 saturated heterocycles. The number of nitrogens with zero attached hydrogens (tertiary/aromatic N) is 2. The highest BCUT2D eigenvalue weighted by molar-refractivity contribution is 4.78. The Labute approximate surface area is 56.4 Å². The Kier molecular flexibility index (Phi) is 1.24. The van der Waals surface area contributed by atoms with Gasteiger partial charge in [0.05, 0.1) is 0 Å². The third-order valence-electron chi connectivity index (χ3n) is 2.28. The topological polar surface area (TPSA) is 6.48 Å². The Morgan fingerprint density at radius 2 is 1.78 bits per heavy atom. The molecule has 0 atom stereocenters. The highest BCUT2D eigenvalue weighted by Crippen LogP contribution is 2.20. The molecule has 0 aliphatic carbocycles. The van der Waals surface area contributed by atoms with Crippen molar-refractivity contribution in [1.82, 2.24) is 10.0 Å². The van der Waals surface area contributed by atoms with Crippen LogP contribution in [0.2, 0.25) is 0 Å². The van der Waals surface area contributed by atoms with E-state index in [-0.39, 0.29) is 0 Å². The van der Waals surface area contributed by atoms with Gasteiger partial charge in [0.1, 0.15) is 0 Å². The average Bonchev–Trinajstić information content (AvgIpc) is 1.57. The molecule has 0 aromatic heterocycles. The lowest BCUT2D eigenvalue weighted by Gasteiger charge is -2.49. The minimum atomic E-state index is 0.950. The molecule has 0 radical (unpaired) electrons. The maximum absolute atomic E-state index is 2.47. The van der Waals surface area contributed by atoms with E-state index in [0.717, 1.165) is 5.92 Å². The van der Waals surface area contributed by atoms with Gasteiger partial charge in [-0.3, -0.25) is 0 Å². The van der Waals surface area contributed by atoms with Gasteiger partial charge in [-0.2, -0.15) is 0 Å². The molecule has 52 valence electrons. The predicted molar refractivity (Wildman–Crippen MR) is 36.9 cm³/mol. The van der Waals surface area contributed by atoms with Crippen molar-refractivity contribution >= 4 is 0 Å². The Morgan fingerprint density at radius 1 is 1.11 bits per heavy atom. The minimum absolute atomic E-state index is 0.950. The van der Waals surface area contributed by atoms with Gasteiger partial charge in [0, 0.05) is 26.2 Å². The van der Waals surface area contributed by atoms with Crippen LogP contribution in [0.25, 0.3) is 0 Å². The first kappa shape index (κ1) is 5.69. The maximum Gasteiger partial charge on any atom is 0.0171 e. The van der Waals surface area contributed by atoms with Crippen molar-refractivity contribution in [3.63, 3.8) is 0 Å². The van der Waals surface area contributed by atoms with Gasteiger partial charge >= 0.3 is 0 Å². The molecule has 0 aromatic carbocycles. The van der Waals surface area contributed by atoms with E-state index in [0.29, 0.717) is 0 Å². The summed E-state index contributed by atoms with van der Waals surface area (Å²) >= 11 is 0. The van der Waals surface area contributed by atoms with Crippen LogP contribution in [0, 0.1) is 5.92 Å². The van der Waals surface area contributed by atoms with Gasteiger partial charge in [-0.05, 0) is 12.3 Å². The number of rotatable bonds is 1. The molecule has 2 heterocycles. The standard InChI is InChI=1S/C7H14N2/c1-7-5-9(6-7)8-3-2-4-8/h7H,2-6H2,1H3. The summed E-state index contributed by atoms with van der Waals surface area (Å²) in [5.74, 6) is 0.950. The summed E-state index contributed by atoms with van der Waals surface area (Å²) in [5.41, 5.74) is 0. The van der Waals surface area contributed by atoms with Gasteiger partial charge in [0.15, 0.2) is 0 Å². The summed E-state index contributed by atoms with van der Waals surface area (Å²) in [4.78, 5) is 0. The Morgan fingerprint density at radius 3 is 2.11 bits per heavy atom. The monoisotopic (exact) mass is 126 g/mol. The van der Waals surface area contributed by atoms with Gasteiger partial charge in [-0.25, -0.2) is 10.0 Å². The van der Waals surface area contributed by atoms with Crippen molar-refractivity contribution in [2.75, 3.05) is 26.2 Å². The fraction of sp³-hybridized carbons (Fsp3) is 1.00. The Hall–Kier alpha value is -0.0800. The molecule has 0 N–H and O–H groups in total. The predicted octanol–water partition coefficient (Wildman–Crippen LogP) is 0.559. The van der Waals surface area contributed by atoms with Crippen LogP contribution in [0.4, 0.5) is 0 Å². The summed E-state index contributed by atoms with van der Waals surface area (Å²) in [5, 5.41) is 4.92. The summed E-state index contributed by atoms with van der Waals surface area (Å²) in [6.07, 6.45) is 1.41. The van der Waals surface area contributed by atoms with Gasteiger partial charge in [0.25, 0.3) is 0 Å². The van der Waals surface area contributed by atoms with Crippen LogP contribution < -0.4 is 0 Å². The molecule has 2 nitrogen and oxygen atoms in total. The van der Waals surface area contributed by atoms with Crippen molar-refractivity contribution in [3.8, 4) is 0 Å². The second kappa shape index (κ2) is 1.96. The van der Waals surface area contributed by atoms with E-state index >= 15 is 0 Å². The van der Waals surface area contributed by atoms with Crippen LogP contribution in [-0.2, 0) is 0 Å². The number of hydrogen-bond acceptors (Lipinski definition) is 2. The van der Waals surface area contributed by atoms with E-state index in [1.54, 1.807) is 0 Å². The lowest BCUT2D eigenvalue weighted by atomic mass is 10.0. The van der Waals surface area contributed by atoms with Crippen LogP contribution >= 0.6 is 0 Å². The summed E-state index contributed by atoms with van der Waals surface area (Å²) < 4.78 is 0. The molecular formula is C7H14N2. The van der Waals surface area contributed by atoms with Gasteiger partial charge in [-0.1, -0.05) is 6.92 Å². The normalized spacial score (nSPS) is 31.7. The van der Waals surface area contributed by atoms with E-state index in [2.05, 4.69) is 16.9 Å². The molecule has 2 aliphatic rings. The molecule has 2 aliphatic heterocycles. The van der Waals surface area contributed by atoms with Gasteiger partial charge < -0.3 is 0 Å². The van der Waals surface area contributed by atoms with Crippen molar-refractivity contribution in [1.29, 1.82) is 0 Å². The van der Waals surface area contributed by atoms with E-state index < -0.39 is 0 Å². The van der Waals surface area contributed by atoms with Crippen LogP contribution in [0.1, 0.15) is 13.3 Å². The van der Waals surface area contributed by atoms with Crippen molar-refractivity contribution in [2.45, 2.75) is 13.3 Å². The zero-order chi connectivity index (χ0) is 6.27.